The van der Waals surface area contributed by atoms with E-state index in [0.29, 0.717) is 10.7 Å². The van der Waals surface area contributed by atoms with Crippen LogP contribution in [0.2, 0.25) is 10.0 Å². The molecule has 2 aromatic carbocycles. The number of hydrogen-bond acceptors (Lipinski definition) is 3. The first-order valence-electron chi connectivity index (χ1n) is 9.37. The van der Waals surface area contributed by atoms with E-state index in [9.17, 15) is 18.0 Å². The van der Waals surface area contributed by atoms with Gasteiger partial charge < -0.3 is 10.6 Å². The van der Waals surface area contributed by atoms with Crippen LogP contribution in [0.1, 0.15) is 40.1 Å². The van der Waals surface area contributed by atoms with Crippen LogP contribution in [0.5, 0.6) is 0 Å². The Kier molecular flexibility index (Phi) is 5.61. The lowest BCUT2D eigenvalue weighted by Gasteiger charge is -2.33. The van der Waals surface area contributed by atoms with Crippen molar-refractivity contribution in [2.75, 3.05) is 10.6 Å². The highest BCUT2D eigenvalue weighted by Crippen LogP contribution is 2.43. The summed E-state index contributed by atoms with van der Waals surface area (Å²) in [6.07, 6.45) is -4.77. The van der Waals surface area contributed by atoms with E-state index in [1.807, 2.05) is 19.1 Å². The van der Waals surface area contributed by atoms with Gasteiger partial charge in [-0.15, -0.1) is 0 Å². The van der Waals surface area contributed by atoms with Crippen molar-refractivity contribution in [2.45, 2.75) is 31.6 Å². The number of nitrogens with zero attached hydrogens (tertiary/aromatic N) is 2. The molecule has 1 amide bonds. The van der Waals surface area contributed by atoms with Gasteiger partial charge in [0.1, 0.15) is 5.82 Å². The Morgan fingerprint density at radius 3 is 2.48 bits per heavy atom. The molecule has 2 heterocycles. The summed E-state index contributed by atoms with van der Waals surface area (Å²) in [5.74, 6) is -0.534. The molecular formula is C21H17Cl2F3N4O. The van der Waals surface area contributed by atoms with Crippen molar-refractivity contribution in [1.29, 1.82) is 0 Å². The molecule has 1 aromatic heterocycles. The quantitative estimate of drug-likeness (QED) is 0.466. The van der Waals surface area contributed by atoms with Gasteiger partial charge in [-0.05, 0) is 30.7 Å². The van der Waals surface area contributed by atoms with E-state index in [4.69, 9.17) is 23.2 Å². The Labute approximate surface area is 186 Å². The molecule has 0 saturated heterocycles. The van der Waals surface area contributed by atoms with Crippen molar-refractivity contribution in [1.82, 2.24) is 9.78 Å². The Hall–Kier alpha value is -2.71. The highest BCUT2D eigenvalue weighted by atomic mass is 35.5. The maximum atomic E-state index is 13.8. The minimum absolute atomic E-state index is 0.124. The summed E-state index contributed by atoms with van der Waals surface area (Å²) in [6.45, 7) is 1.91. The minimum atomic E-state index is -4.52. The summed E-state index contributed by atoms with van der Waals surface area (Å²) in [4.78, 5) is 12.6. The Bertz CT molecular complexity index is 1130. The van der Waals surface area contributed by atoms with E-state index in [1.54, 1.807) is 12.1 Å². The molecule has 0 fully saturated rings. The fourth-order valence-electron chi connectivity index (χ4n) is 3.47. The number of aromatic nitrogens is 2. The Morgan fingerprint density at radius 1 is 1.13 bits per heavy atom. The molecule has 0 radical (unpaired) electrons. The number of carbonyl (C=O) groups is 1. The molecule has 10 heteroatoms. The van der Waals surface area contributed by atoms with Gasteiger partial charge in [-0.3, -0.25) is 4.79 Å². The normalized spacial score (nSPS) is 18.3. The number of rotatable bonds is 3. The van der Waals surface area contributed by atoms with Gasteiger partial charge >= 0.3 is 6.18 Å². The fraction of sp³-hybridized carbons (Fsp3) is 0.238. The smallest absolute Gasteiger partial charge is 0.363 e. The second-order valence-corrected chi connectivity index (χ2v) is 8.16. The highest BCUT2D eigenvalue weighted by Gasteiger charge is 2.46. The van der Waals surface area contributed by atoms with E-state index in [1.165, 1.54) is 24.3 Å². The van der Waals surface area contributed by atoms with Crippen molar-refractivity contribution in [3.05, 3.63) is 75.4 Å². The number of carbonyl (C=O) groups excluding carboxylic acids is 1. The zero-order chi connectivity index (χ0) is 22.3. The molecule has 4 rings (SSSR count). The monoisotopic (exact) mass is 468 g/mol. The van der Waals surface area contributed by atoms with Crippen molar-refractivity contribution in [2.24, 2.45) is 0 Å². The first-order chi connectivity index (χ1) is 14.6. The van der Waals surface area contributed by atoms with E-state index in [0.717, 1.165) is 15.8 Å². The van der Waals surface area contributed by atoms with E-state index in [-0.39, 0.29) is 23.0 Å². The lowest BCUT2D eigenvalue weighted by atomic mass is 9.96. The second-order valence-electron chi connectivity index (χ2n) is 7.34. The number of benzene rings is 2. The summed E-state index contributed by atoms with van der Waals surface area (Å²) in [5, 5.41) is 10.1. The standard InChI is InChI=1S/C21H17Cl2F3N4O/c1-11-2-4-12(5-3-11)16-9-18(21(24,25)26)30-19(28-16)10-17(29-30)20(31)27-13-6-7-14(22)15(23)8-13/h2-8,10,16,18,28H,9H2,1H3,(H,27,31)/t16-,18-/m1/s1. The third-order valence-corrected chi connectivity index (χ3v) is 5.82. The van der Waals surface area contributed by atoms with Gasteiger partial charge in [0.05, 0.1) is 16.1 Å². The molecule has 3 aromatic rings. The molecule has 0 bridgehead atoms. The van der Waals surface area contributed by atoms with E-state index < -0.39 is 24.2 Å². The topological polar surface area (TPSA) is 59.0 Å². The van der Waals surface area contributed by atoms with Crippen LogP contribution < -0.4 is 10.6 Å². The third kappa shape index (κ3) is 4.50. The maximum absolute atomic E-state index is 13.8. The number of fused-ring (bicyclic) bond motifs is 1. The first-order valence-corrected chi connectivity index (χ1v) is 10.1. The largest absolute Gasteiger partial charge is 0.410 e. The Morgan fingerprint density at radius 2 is 1.84 bits per heavy atom. The number of aryl methyl sites for hydroxylation is 1. The van der Waals surface area contributed by atoms with Crippen LogP contribution in [-0.2, 0) is 0 Å². The second kappa shape index (κ2) is 8.09. The first kappa shape index (κ1) is 21.5. The summed E-state index contributed by atoms with van der Waals surface area (Å²) in [5.41, 5.74) is 1.95. The maximum Gasteiger partial charge on any atom is 0.410 e. The highest BCUT2D eigenvalue weighted by molar-refractivity contribution is 6.42. The number of nitrogens with one attached hydrogen (secondary N) is 2. The summed E-state index contributed by atoms with van der Waals surface area (Å²) < 4.78 is 42.2. The predicted molar refractivity (Wildman–Crippen MR) is 114 cm³/mol. The van der Waals surface area contributed by atoms with Crippen LogP contribution in [-0.4, -0.2) is 21.9 Å². The molecule has 5 nitrogen and oxygen atoms in total. The Balaban J connectivity index is 1.63. The minimum Gasteiger partial charge on any atom is -0.363 e. The van der Waals surface area contributed by atoms with Crippen LogP contribution in [0, 0.1) is 6.92 Å². The van der Waals surface area contributed by atoms with Gasteiger partial charge in [-0.1, -0.05) is 53.0 Å². The summed E-state index contributed by atoms with van der Waals surface area (Å²) in [7, 11) is 0. The van der Waals surface area contributed by atoms with Crippen LogP contribution in [0.15, 0.2) is 48.5 Å². The molecule has 0 spiro atoms. The lowest BCUT2D eigenvalue weighted by molar-refractivity contribution is -0.173. The van der Waals surface area contributed by atoms with Gasteiger partial charge in [0, 0.05) is 18.2 Å². The van der Waals surface area contributed by atoms with Crippen LogP contribution in [0.25, 0.3) is 0 Å². The molecule has 2 N–H and O–H groups in total. The summed E-state index contributed by atoms with van der Waals surface area (Å²) >= 11 is 11.8. The van der Waals surface area contributed by atoms with Gasteiger partial charge in [0.25, 0.3) is 5.91 Å². The van der Waals surface area contributed by atoms with Gasteiger partial charge in [-0.2, -0.15) is 18.3 Å². The predicted octanol–water partition coefficient (Wildman–Crippen LogP) is 6.41. The van der Waals surface area contributed by atoms with E-state index in [2.05, 4.69) is 15.7 Å². The molecular weight excluding hydrogens is 452 g/mol. The van der Waals surface area contributed by atoms with Crippen molar-refractivity contribution in [3.8, 4) is 0 Å². The van der Waals surface area contributed by atoms with Crippen LogP contribution >= 0.6 is 23.2 Å². The SMILES string of the molecule is Cc1ccc([C@H]2C[C@H](C(F)(F)F)n3nc(C(=O)Nc4ccc(Cl)c(Cl)c4)cc3N2)cc1. The third-order valence-electron chi connectivity index (χ3n) is 5.08. The molecule has 0 aliphatic carbocycles. The number of anilines is 2. The lowest BCUT2D eigenvalue weighted by Crippen LogP contribution is -2.35. The van der Waals surface area contributed by atoms with Crippen molar-refractivity contribution >= 4 is 40.6 Å². The summed E-state index contributed by atoms with van der Waals surface area (Å²) in [6, 6.07) is 10.7. The zero-order valence-electron chi connectivity index (χ0n) is 16.2. The number of hydrogen-bond donors (Lipinski definition) is 2. The molecule has 1 aliphatic rings. The zero-order valence-corrected chi connectivity index (χ0v) is 17.7. The van der Waals surface area contributed by atoms with Crippen LogP contribution in [0.3, 0.4) is 0 Å². The molecule has 31 heavy (non-hydrogen) atoms. The fourth-order valence-corrected chi connectivity index (χ4v) is 3.77. The molecule has 1 aliphatic heterocycles. The van der Waals surface area contributed by atoms with Gasteiger partial charge in [0.15, 0.2) is 11.7 Å². The molecule has 162 valence electrons. The van der Waals surface area contributed by atoms with Crippen molar-refractivity contribution < 1.29 is 18.0 Å². The van der Waals surface area contributed by atoms with Crippen molar-refractivity contribution in [3.63, 3.8) is 0 Å². The van der Waals surface area contributed by atoms with Gasteiger partial charge in [0.2, 0.25) is 0 Å². The van der Waals surface area contributed by atoms with Crippen LogP contribution in [0.4, 0.5) is 24.7 Å². The van der Waals surface area contributed by atoms with Gasteiger partial charge in [-0.25, -0.2) is 4.68 Å². The number of alkyl halides is 3. The molecule has 0 unspecified atom stereocenters. The number of halogens is 5. The molecule has 0 saturated carbocycles. The average Bonchev–Trinajstić information content (AvgIpc) is 3.14. The van der Waals surface area contributed by atoms with E-state index >= 15 is 0 Å². The number of amides is 1. The molecule has 2 atom stereocenters. The average molecular weight is 469 g/mol.